The number of aliphatic carboxylic acids is 1. The van der Waals surface area contributed by atoms with E-state index in [2.05, 4.69) is 0 Å². The van der Waals surface area contributed by atoms with Gasteiger partial charge in [-0.05, 0) is 50.5 Å². The van der Waals surface area contributed by atoms with E-state index >= 15 is 0 Å². The minimum absolute atomic E-state index is 0.405. The zero-order valence-corrected chi connectivity index (χ0v) is 12.5. The first kappa shape index (κ1) is 16.3. The van der Waals surface area contributed by atoms with Crippen molar-refractivity contribution in [1.82, 2.24) is 0 Å². The van der Waals surface area contributed by atoms with Gasteiger partial charge in [0.2, 0.25) is 0 Å². The number of carbonyl (C=O) groups is 1. The Morgan fingerprint density at radius 3 is 1.95 bits per heavy atom. The Morgan fingerprint density at radius 1 is 1.05 bits per heavy atom. The third-order valence-corrected chi connectivity index (χ3v) is 3.79. The topological polar surface area (TPSA) is 55.8 Å². The van der Waals surface area contributed by atoms with Gasteiger partial charge in [0.25, 0.3) is 0 Å². The summed E-state index contributed by atoms with van der Waals surface area (Å²) in [6.45, 7) is 6.80. The number of carboxylic acid groups (broad SMARTS) is 1. The van der Waals surface area contributed by atoms with Gasteiger partial charge in [-0.25, -0.2) is 0 Å². The zero-order chi connectivity index (χ0) is 15.0. The molecule has 0 aliphatic heterocycles. The van der Waals surface area contributed by atoms with Crippen molar-refractivity contribution in [3.05, 3.63) is 24.3 Å². The Morgan fingerprint density at radius 2 is 1.55 bits per heavy atom. The van der Waals surface area contributed by atoms with E-state index in [4.69, 9.17) is 9.47 Å². The van der Waals surface area contributed by atoms with Crippen LogP contribution in [0.15, 0.2) is 24.3 Å². The molecule has 0 unspecified atom stereocenters. The first-order valence-electron chi connectivity index (χ1n) is 7.17. The summed E-state index contributed by atoms with van der Waals surface area (Å²) in [5.41, 5.74) is -0.675. The summed E-state index contributed by atoms with van der Waals surface area (Å²) >= 11 is 0. The van der Waals surface area contributed by atoms with Crippen molar-refractivity contribution in [2.24, 2.45) is 5.41 Å². The summed E-state index contributed by atoms with van der Waals surface area (Å²) in [5.74, 6) is 0.805. The van der Waals surface area contributed by atoms with E-state index in [1.807, 2.05) is 45.0 Å². The fourth-order valence-corrected chi connectivity index (χ4v) is 2.18. The van der Waals surface area contributed by atoms with Crippen LogP contribution in [0.5, 0.6) is 11.5 Å². The van der Waals surface area contributed by atoms with Gasteiger partial charge in [-0.15, -0.1) is 0 Å². The molecule has 0 bridgehead atoms. The average Bonchev–Trinajstić information content (AvgIpc) is 2.46. The second-order valence-corrected chi connectivity index (χ2v) is 4.80. The molecule has 0 heterocycles. The Balaban J connectivity index is 2.52. The van der Waals surface area contributed by atoms with E-state index < -0.39 is 11.4 Å². The van der Waals surface area contributed by atoms with Crippen molar-refractivity contribution in [3.63, 3.8) is 0 Å². The molecule has 0 saturated heterocycles. The monoisotopic (exact) mass is 280 g/mol. The largest absolute Gasteiger partial charge is 0.494 e. The van der Waals surface area contributed by atoms with E-state index in [0.717, 1.165) is 11.5 Å². The fourth-order valence-electron chi connectivity index (χ4n) is 2.18. The number of carboxylic acids is 1. The van der Waals surface area contributed by atoms with Gasteiger partial charge in [0, 0.05) is 0 Å². The lowest BCUT2D eigenvalue weighted by Gasteiger charge is -2.26. The number of benzene rings is 1. The van der Waals surface area contributed by atoms with Crippen molar-refractivity contribution < 1.29 is 19.4 Å². The summed E-state index contributed by atoms with van der Waals surface area (Å²) in [6, 6.07) is 7.38. The van der Waals surface area contributed by atoms with E-state index in [9.17, 15) is 9.90 Å². The van der Waals surface area contributed by atoms with E-state index in [1.165, 1.54) is 0 Å². The highest BCUT2D eigenvalue weighted by Gasteiger charge is 2.34. The highest BCUT2D eigenvalue weighted by Crippen LogP contribution is 2.31. The van der Waals surface area contributed by atoms with Gasteiger partial charge in [0.15, 0.2) is 0 Å². The molecule has 0 spiro atoms. The van der Waals surface area contributed by atoms with Gasteiger partial charge < -0.3 is 14.6 Å². The minimum atomic E-state index is -0.738. The van der Waals surface area contributed by atoms with Crippen LogP contribution in [-0.2, 0) is 4.79 Å². The first-order chi connectivity index (χ1) is 9.57. The first-order valence-corrected chi connectivity index (χ1v) is 7.17. The molecule has 0 aliphatic rings. The summed E-state index contributed by atoms with van der Waals surface area (Å²) in [5, 5.41) is 9.34. The van der Waals surface area contributed by atoms with E-state index in [1.54, 1.807) is 0 Å². The van der Waals surface area contributed by atoms with E-state index in [0.29, 0.717) is 32.5 Å². The smallest absolute Gasteiger partial charge is 0.309 e. The molecule has 0 amide bonds. The molecule has 1 aromatic rings. The number of rotatable bonds is 9. The zero-order valence-electron chi connectivity index (χ0n) is 12.5. The van der Waals surface area contributed by atoms with Crippen LogP contribution in [0.25, 0.3) is 0 Å². The van der Waals surface area contributed by atoms with Crippen LogP contribution in [0.2, 0.25) is 0 Å². The molecule has 112 valence electrons. The lowest BCUT2D eigenvalue weighted by Crippen LogP contribution is -2.31. The second kappa shape index (κ2) is 7.78. The van der Waals surface area contributed by atoms with Crippen molar-refractivity contribution in [1.29, 1.82) is 0 Å². The summed E-state index contributed by atoms with van der Waals surface area (Å²) in [7, 11) is 0. The SMILES string of the molecule is CCOc1ccc(OCCC(CC)(CC)C(=O)O)cc1. The number of hydrogen-bond donors (Lipinski definition) is 1. The molecular formula is C16H24O4. The molecule has 0 radical (unpaired) electrons. The minimum Gasteiger partial charge on any atom is -0.494 e. The van der Waals surface area contributed by atoms with Crippen molar-refractivity contribution in [2.45, 2.75) is 40.0 Å². The molecule has 0 aromatic heterocycles. The third-order valence-electron chi connectivity index (χ3n) is 3.79. The van der Waals surface area contributed by atoms with Crippen molar-refractivity contribution >= 4 is 5.97 Å². The lowest BCUT2D eigenvalue weighted by atomic mass is 9.79. The standard InChI is InChI=1S/C16H24O4/c1-4-16(5-2,15(17)18)11-12-20-14-9-7-13(8-10-14)19-6-3/h7-10H,4-6,11-12H2,1-3H3,(H,17,18). The predicted octanol–water partition coefficient (Wildman–Crippen LogP) is 3.75. The van der Waals surface area contributed by atoms with Crippen molar-refractivity contribution in [3.8, 4) is 11.5 Å². The summed E-state index contributed by atoms with van der Waals surface area (Å²) in [6.07, 6.45) is 1.75. The Kier molecular flexibility index (Phi) is 6.36. The molecule has 4 heteroatoms. The van der Waals surface area contributed by atoms with Crippen LogP contribution < -0.4 is 9.47 Å². The molecule has 0 atom stereocenters. The average molecular weight is 280 g/mol. The van der Waals surface area contributed by atoms with Gasteiger partial charge in [0.05, 0.1) is 18.6 Å². The quantitative estimate of drug-likeness (QED) is 0.748. The molecule has 4 nitrogen and oxygen atoms in total. The maximum Gasteiger partial charge on any atom is 0.309 e. The van der Waals surface area contributed by atoms with Gasteiger partial charge in [-0.1, -0.05) is 13.8 Å². The van der Waals surface area contributed by atoms with Gasteiger partial charge in [-0.3, -0.25) is 4.79 Å². The molecule has 1 aromatic carbocycles. The van der Waals surface area contributed by atoms with Gasteiger partial charge >= 0.3 is 5.97 Å². The molecule has 0 saturated carbocycles. The van der Waals surface area contributed by atoms with Crippen LogP contribution in [0.1, 0.15) is 40.0 Å². The van der Waals surface area contributed by atoms with Gasteiger partial charge in [-0.2, -0.15) is 0 Å². The molecule has 20 heavy (non-hydrogen) atoms. The van der Waals surface area contributed by atoms with Crippen molar-refractivity contribution in [2.75, 3.05) is 13.2 Å². The molecule has 0 fully saturated rings. The molecule has 1 rings (SSSR count). The maximum absolute atomic E-state index is 11.4. The van der Waals surface area contributed by atoms with Gasteiger partial charge in [0.1, 0.15) is 11.5 Å². The Labute approximate surface area is 120 Å². The fraction of sp³-hybridized carbons (Fsp3) is 0.562. The van der Waals surface area contributed by atoms with Crippen LogP contribution in [0, 0.1) is 5.41 Å². The van der Waals surface area contributed by atoms with Crippen LogP contribution in [0.3, 0.4) is 0 Å². The molecule has 0 aliphatic carbocycles. The predicted molar refractivity (Wildman–Crippen MR) is 78.4 cm³/mol. The Hall–Kier alpha value is -1.71. The van der Waals surface area contributed by atoms with Crippen LogP contribution in [-0.4, -0.2) is 24.3 Å². The summed E-state index contributed by atoms with van der Waals surface area (Å²) in [4.78, 5) is 11.4. The van der Waals surface area contributed by atoms with Crippen LogP contribution in [0.4, 0.5) is 0 Å². The maximum atomic E-state index is 11.4. The third kappa shape index (κ3) is 4.15. The Bertz CT molecular complexity index is 407. The molecule has 1 N–H and O–H groups in total. The normalized spacial score (nSPS) is 11.2. The highest BCUT2D eigenvalue weighted by molar-refractivity contribution is 5.74. The number of ether oxygens (including phenoxy) is 2. The summed E-state index contributed by atoms with van der Waals surface area (Å²) < 4.78 is 11.0. The van der Waals surface area contributed by atoms with E-state index in [-0.39, 0.29) is 0 Å². The van der Waals surface area contributed by atoms with Crippen LogP contribution >= 0.6 is 0 Å². The molecular weight excluding hydrogens is 256 g/mol. The second-order valence-electron chi connectivity index (χ2n) is 4.80. The highest BCUT2D eigenvalue weighted by atomic mass is 16.5. The number of hydrogen-bond acceptors (Lipinski definition) is 3. The lowest BCUT2D eigenvalue weighted by molar-refractivity contribution is -0.150.